The highest BCUT2D eigenvalue weighted by molar-refractivity contribution is 6.33. The van der Waals surface area contributed by atoms with Gasteiger partial charge in [-0.1, -0.05) is 29.8 Å². The molecule has 0 aliphatic heterocycles. The Morgan fingerprint density at radius 2 is 1.81 bits per heavy atom. The molecular formula is C16H13ClN2O2. The third kappa shape index (κ3) is 2.58. The van der Waals surface area contributed by atoms with Gasteiger partial charge in [0.2, 0.25) is 0 Å². The van der Waals surface area contributed by atoms with Crippen LogP contribution < -0.4 is 10.3 Å². The van der Waals surface area contributed by atoms with E-state index in [1.54, 1.807) is 25.3 Å². The molecule has 0 aliphatic carbocycles. The molecule has 106 valence electrons. The highest BCUT2D eigenvalue weighted by Crippen LogP contribution is 2.25. The van der Waals surface area contributed by atoms with Gasteiger partial charge in [0.15, 0.2) is 0 Å². The maximum absolute atomic E-state index is 12.1. The van der Waals surface area contributed by atoms with Crippen molar-refractivity contribution >= 4 is 11.6 Å². The van der Waals surface area contributed by atoms with Crippen molar-refractivity contribution in [2.75, 3.05) is 7.11 Å². The second kappa shape index (κ2) is 5.50. The molecular weight excluding hydrogens is 288 g/mol. The molecule has 0 unspecified atom stereocenters. The van der Waals surface area contributed by atoms with Crippen LogP contribution >= 0.6 is 11.6 Å². The SMILES string of the molecule is COc1ccc(-n2[nH]c(-c3ccccc3Cl)cc2=O)cc1. The minimum absolute atomic E-state index is 0.143. The van der Waals surface area contributed by atoms with E-state index in [2.05, 4.69) is 5.10 Å². The van der Waals surface area contributed by atoms with Crippen LogP contribution in [0.3, 0.4) is 0 Å². The van der Waals surface area contributed by atoms with E-state index in [1.807, 2.05) is 30.3 Å². The molecule has 4 nitrogen and oxygen atoms in total. The summed E-state index contributed by atoms with van der Waals surface area (Å²) in [5, 5.41) is 3.67. The van der Waals surface area contributed by atoms with Gasteiger partial charge >= 0.3 is 0 Å². The van der Waals surface area contributed by atoms with Crippen LogP contribution in [0.2, 0.25) is 5.02 Å². The van der Waals surface area contributed by atoms with Crippen LogP contribution in [0.4, 0.5) is 0 Å². The molecule has 1 aromatic heterocycles. The van der Waals surface area contributed by atoms with Crippen molar-refractivity contribution in [1.29, 1.82) is 0 Å². The Kier molecular flexibility index (Phi) is 3.54. The number of rotatable bonds is 3. The molecule has 0 amide bonds. The topological polar surface area (TPSA) is 47.0 Å². The van der Waals surface area contributed by atoms with E-state index in [0.717, 1.165) is 17.0 Å². The van der Waals surface area contributed by atoms with Gasteiger partial charge in [-0.3, -0.25) is 9.89 Å². The number of aromatic nitrogens is 2. The van der Waals surface area contributed by atoms with Crippen molar-refractivity contribution in [3.05, 3.63) is 70.0 Å². The fraction of sp³-hybridized carbons (Fsp3) is 0.0625. The Bertz CT molecular complexity index is 819. The van der Waals surface area contributed by atoms with Crippen molar-refractivity contribution in [3.63, 3.8) is 0 Å². The number of methoxy groups -OCH3 is 1. The molecule has 0 atom stereocenters. The predicted molar refractivity (Wildman–Crippen MR) is 83.4 cm³/mol. The maximum Gasteiger partial charge on any atom is 0.271 e. The van der Waals surface area contributed by atoms with E-state index in [4.69, 9.17) is 16.3 Å². The van der Waals surface area contributed by atoms with Gasteiger partial charge in [0, 0.05) is 16.7 Å². The number of benzene rings is 2. The number of hydrogen-bond donors (Lipinski definition) is 1. The summed E-state index contributed by atoms with van der Waals surface area (Å²) in [6.07, 6.45) is 0. The van der Waals surface area contributed by atoms with Crippen LogP contribution in [0.25, 0.3) is 16.9 Å². The summed E-state index contributed by atoms with van der Waals surface area (Å²) < 4.78 is 6.58. The smallest absolute Gasteiger partial charge is 0.271 e. The number of aromatic amines is 1. The van der Waals surface area contributed by atoms with E-state index >= 15 is 0 Å². The summed E-state index contributed by atoms with van der Waals surface area (Å²) in [6.45, 7) is 0. The number of hydrogen-bond acceptors (Lipinski definition) is 2. The number of nitrogens with zero attached hydrogens (tertiary/aromatic N) is 1. The first-order valence-electron chi connectivity index (χ1n) is 6.40. The van der Waals surface area contributed by atoms with Crippen molar-refractivity contribution in [2.24, 2.45) is 0 Å². The van der Waals surface area contributed by atoms with Crippen LogP contribution in [0.1, 0.15) is 0 Å². The van der Waals surface area contributed by atoms with Crippen LogP contribution in [-0.4, -0.2) is 16.9 Å². The summed E-state index contributed by atoms with van der Waals surface area (Å²) >= 11 is 6.16. The second-order valence-corrected chi connectivity index (χ2v) is 4.93. The lowest BCUT2D eigenvalue weighted by Gasteiger charge is -2.04. The van der Waals surface area contributed by atoms with Gasteiger partial charge in [0.1, 0.15) is 5.75 Å². The zero-order chi connectivity index (χ0) is 14.8. The molecule has 0 aliphatic rings. The summed E-state index contributed by atoms with van der Waals surface area (Å²) in [5.74, 6) is 0.740. The van der Waals surface area contributed by atoms with Gasteiger partial charge in [-0.05, 0) is 30.3 Å². The van der Waals surface area contributed by atoms with Crippen molar-refractivity contribution in [2.45, 2.75) is 0 Å². The molecule has 21 heavy (non-hydrogen) atoms. The van der Waals surface area contributed by atoms with E-state index in [9.17, 15) is 4.79 Å². The molecule has 0 spiro atoms. The fourth-order valence-corrected chi connectivity index (χ4v) is 2.37. The summed E-state index contributed by atoms with van der Waals surface area (Å²) in [6, 6.07) is 16.2. The number of nitrogens with one attached hydrogen (secondary N) is 1. The lowest BCUT2D eigenvalue weighted by molar-refractivity contribution is 0.414. The number of ether oxygens (including phenoxy) is 1. The Balaban J connectivity index is 2.05. The third-order valence-electron chi connectivity index (χ3n) is 3.22. The minimum Gasteiger partial charge on any atom is -0.497 e. The summed E-state index contributed by atoms with van der Waals surface area (Å²) in [5.41, 5.74) is 2.07. The molecule has 1 heterocycles. The molecule has 0 saturated heterocycles. The molecule has 3 aromatic rings. The lowest BCUT2D eigenvalue weighted by Crippen LogP contribution is -2.13. The van der Waals surface area contributed by atoms with Crippen LogP contribution in [0.5, 0.6) is 5.75 Å². The van der Waals surface area contributed by atoms with Gasteiger partial charge in [0.05, 0.1) is 18.5 Å². The van der Waals surface area contributed by atoms with Crippen molar-refractivity contribution in [3.8, 4) is 22.7 Å². The minimum atomic E-state index is -0.143. The Labute approximate surface area is 126 Å². The van der Waals surface area contributed by atoms with E-state index < -0.39 is 0 Å². The highest BCUT2D eigenvalue weighted by Gasteiger charge is 2.09. The Morgan fingerprint density at radius 3 is 2.48 bits per heavy atom. The zero-order valence-corrected chi connectivity index (χ0v) is 12.1. The second-order valence-electron chi connectivity index (χ2n) is 4.52. The maximum atomic E-state index is 12.1. The molecule has 3 rings (SSSR count). The fourth-order valence-electron chi connectivity index (χ4n) is 2.14. The molecule has 0 bridgehead atoms. The number of halogens is 1. The summed E-state index contributed by atoms with van der Waals surface area (Å²) in [4.78, 5) is 12.1. The van der Waals surface area contributed by atoms with Crippen molar-refractivity contribution < 1.29 is 4.74 Å². The van der Waals surface area contributed by atoms with Gasteiger partial charge < -0.3 is 4.74 Å². The Hall–Kier alpha value is -2.46. The van der Waals surface area contributed by atoms with Crippen LogP contribution in [0, 0.1) is 0 Å². The quantitative estimate of drug-likeness (QED) is 0.805. The first kappa shape index (κ1) is 13.5. The van der Waals surface area contributed by atoms with Crippen molar-refractivity contribution in [1.82, 2.24) is 9.78 Å². The molecule has 0 saturated carbocycles. The van der Waals surface area contributed by atoms with E-state index in [1.165, 1.54) is 10.7 Å². The first-order valence-corrected chi connectivity index (χ1v) is 6.78. The predicted octanol–water partition coefficient (Wildman–Crippen LogP) is 3.49. The Morgan fingerprint density at radius 1 is 1.10 bits per heavy atom. The van der Waals surface area contributed by atoms with E-state index in [-0.39, 0.29) is 5.56 Å². The normalized spacial score (nSPS) is 10.6. The highest BCUT2D eigenvalue weighted by atomic mass is 35.5. The number of H-pyrrole nitrogens is 1. The third-order valence-corrected chi connectivity index (χ3v) is 3.54. The molecule has 0 radical (unpaired) electrons. The van der Waals surface area contributed by atoms with Gasteiger partial charge in [-0.2, -0.15) is 0 Å². The molecule has 0 fully saturated rings. The molecule has 1 N–H and O–H groups in total. The average Bonchev–Trinajstić information content (AvgIpc) is 2.89. The van der Waals surface area contributed by atoms with Crippen LogP contribution in [-0.2, 0) is 0 Å². The largest absolute Gasteiger partial charge is 0.497 e. The monoisotopic (exact) mass is 300 g/mol. The lowest BCUT2D eigenvalue weighted by atomic mass is 10.1. The zero-order valence-electron chi connectivity index (χ0n) is 11.3. The molecule has 5 heteroatoms. The van der Waals surface area contributed by atoms with Gasteiger partial charge in [-0.15, -0.1) is 0 Å². The first-order chi connectivity index (χ1) is 10.2. The average molecular weight is 301 g/mol. The van der Waals surface area contributed by atoms with Crippen LogP contribution in [0.15, 0.2) is 59.4 Å². The van der Waals surface area contributed by atoms with E-state index in [0.29, 0.717) is 10.7 Å². The molecule has 2 aromatic carbocycles. The van der Waals surface area contributed by atoms with Gasteiger partial charge in [-0.25, -0.2) is 4.68 Å². The standard InChI is InChI=1S/C16H13ClN2O2/c1-21-12-8-6-11(7-9-12)19-16(20)10-15(18-19)13-4-2-3-5-14(13)17/h2-10,18H,1H3. The summed E-state index contributed by atoms with van der Waals surface area (Å²) in [7, 11) is 1.60. The van der Waals surface area contributed by atoms with Gasteiger partial charge in [0.25, 0.3) is 5.56 Å².